The highest BCUT2D eigenvalue weighted by atomic mass is 35.5. The quantitative estimate of drug-likeness (QED) is 0.775. The number of rotatable bonds is 4. The molecule has 0 aromatic carbocycles. The molecule has 1 rings (SSSR count). The summed E-state index contributed by atoms with van der Waals surface area (Å²) in [5.74, 6) is -0.0580. The van der Waals surface area contributed by atoms with E-state index in [9.17, 15) is 13.2 Å². The minimum atomic E-state index is -4.38. The SMILES string of the molecule is CC(Cl)CCN(C)c1ncccc1C(F)(F)F. The Kier molecular flexibility index (Phi) is 4.62. The summed E-state index contributed by atoms with van der Waals surface area (Å²) >= 11 is 5.77. The molecule has 0 saturated carbocycles. The third-order valence-corrected chi connectivity index (χ3v) is 2.53. The van der Waals surface area contributed by atoms with Crippen LogP contribution in [0.5, 0.6) is 0 Å². The summed E-state index contributed by atoms with van der Waals surface area (Å²) in [6.07, 6.45) is -2.43. The van der Waals surface area contributed by atoms with Crippen LogP contribution in [0.4, 0.5) is 19.0 Å². The molecule has 0 radical (unpaired) electrons. The fraction of sp³-hybridized carbons (Fsp3) is 0.545. The molecule has 0 bridgehead atoms. The van der Waals surface area contributed by atoms with Gasteiger partial charge in [-0.1, -0.05) is 0 Å². The number of pyridine rings is 1. The van der Waals surface area contributed by atoms with Crippen molar-refractivity contribution >= 4 is 17.4 Å². The van der Waals surface area contributed by atoms with Gasteiger partial charge in [-0.25, -0.2) is 4.98 Å². The molecule has 0 spiro atoms. The minimum absolute atomic E-state index is 0.0580. The van der Waals surface area contributed by atoms with E-state index < -0.39 is 11.7 Å². The zero-order valence-electron chi connectivity index (χ0n) is 9.63. The fourth-order valence-corrected chi connectivity index (χ4v) is 1.50. The monoisotopic (exact) mass is 266 g/mol. The van der Waals surface area contributed by atoms with E-state index in [1.807, 2.05) is 0 Å². The molecular formula is C11H14ClF3N2. The zero-order chi connectivity index (χ0) is 13.1. The van der Waals surface area contributed by atoms with Crippen LogP contribution in [0.15, 0.2) is 18.3 Å². The molecule has 0 amide bonds. The van der Waals surface area contributed by atoms with Gasteiger partial charge in [-0.05, 0) is 25.5 Å². The predicted molar refractivity (Wildman–Crippen MR) is 62.4 cm³/mol. The van der Waals surface area contributed by atoms with E-state index in [1.54, 1.807) is 14.0 Å². The number of halogens is 4. The minimum Gasteiger partial charge on any atom is -0.359 e. The van der Waals surface area contributed by atoms with Gasteiger partial charge in [0.15, 0.2) is 0 Å². The molecule has 0 aliphatic rings. The molecule has 0 fully saturated rings. The molecule has 0 aliphatic carbocycles. The van der Waals surface area contributed by atoms with Gasteiger partial charge in [0.1, 0.15) is 5.82 Å². The molecule has 0 N–H and O–H groups in total. The maximum absolute atomic E-state index is 12.7. The van der Waals surface area contributed by atoms with Crippen LogP contribution in [0.25, 0.3) is 0 Å². The van der Waals surface area contributed by atoms with Gasteiger partial charge in [0, 0.05) is 25.2 Å². The fourth-order valence-electron chi connectivity index (χ4n) is 1.40. The molecule has 1 heterocycles. The van der Waals surface area contributed by atoms with Crippen molar-refractivity contribution in [3.8, 4) is 0 Å². The Morgan fingerprint density at radius 3 is 2.65 bits per heavy atom. The number of nitrogens with zero attached hydrogens (tertiary/aromatic N) is 2. The highest BCUT2D eigenvalue weighted by Crippen LogP contribution is 2.34. The second-order valence-corrected chi connectivity index (χ2v) is 4.61. The van der Waals surface area contributed by atoms with Crippen molar-refractivity contribution < 1.29 is 13.2 Å². The van der Waals surface area contributed by atoms with Gasteiger partial charge in [-0.15, -0.1) is 11.6 Å². The number of aromatic nitrogens is 1. The largest absolute Gasteiger partial charge is 0.419 e. The molecule has 1 aromatic heterocycles. The van der Waals surface area contributed by atoms with Crippen molar-refractivity contribution in [1.29, 1.82) is 0 Å². The first-order valence-corrected chi connectivity index (χ1v) is 5.63. The predicted octanol–water partition coefficient (Wildman–Crippen LogP) is 3.55. The lowest BCUT2D eigenvalue weighted by atomic mass is 10.2. The van der Waals surface area contributed by atoms with Crippen LogP contribution in [-0.2, 0) is 6.18 Å². The molecule has 17 heavy (non-hydrogen) atoms. The normalized spacial score (nSPS) is 13.5. The van der Waals surface area contributed by atoms with Crippen LogP contribution in [-0.4, -0.2) is 24.0 Å². The first-order valence-electron chi connectivity index (χ1n) is 5.19. The van der Waals surface area contributed by atoms with Crippen LogP contribution >= 0.6 is 11.6 Å². The van der Waals surface area contributed by atoms with Gasteiger partial charge >= 0.3 is 6.18 Å². The van der Waals surface area contributed by atoms with Crippen molar-refractivity contribution in [2.24, 2.45) is 0 Å². The van der Waals surface area contributed by atoms with E-state index in [1.165, 1.54) is 17.2 Å². The van der Waals surface area contributed by atoms with Crippen LogP contribution in [0.1, 0.15) is 18.9 Å². The highest BCUT2D eigenvalue weighted by Gasteiger charge is 2.34. The van der Waals surface area contributed by atoms with Crippen LogP contribution < -0.4 is 4.90 Å². The summed E-state index contributed by atoms with van der Waals surface area (Å²) in [4.78, 5) is 5.26. The summed E-state index contributed by atoms with van der Waals surface area (Å²) in [7, 11) is 1.58. The van der Waals surface area contributed by atoms with Crippen molar-refractivity contribution in [3.05, 3.63) is 23.9 Å². The third kappa shape index (κ3) is 4.07. The highest BCUT2D eigenvalue weighted by molar-refractivity contribution is 6.20. The van der Waals surface area contributed by atoms with E-state index >= 15 is 0 Å². The van der Waals surface area contributed by atoms with Gasteiger partial charge in [0.2, 0.25) is 0 Å². The maximum atomic E-state index is 12.7. The number of hydrogen-bond donors (Lipinski definition) is 0. The van der Waals surface area contributed by atoms with Crippen molar-refractivity contribution in [2.75, 3.05) is 18.5 Å². The molecule has 1 unspecified atom stereocenters. The van der Waals surface area contributed by atoms with E-state index in [4.69, 9.17) is 11.6 Å². The molecule has 0 aliphatic heterocycles. The summed E-state index contributed by atoms with van der Waals surface area (Å²) in [5.41, 5.74) is -0.718. The lowest BCUT2D eigenvalue weighted by Crippen LogP contribution is -2.24. The molecule has 96 valence electrons. The Bertz CT molecular complexity index is 366. The van der Waals surface area contributed by atoms with E-state index in [-0.39, 0.29) is 11.2 Å². The summed E-state index contributed by atoms with van der Waals surface area (Å²) in [6, 6.07) is 2.31. The Morgan fingerprint density at radius 2 is 2.12 bits per heavy atom. The van der Waals surface area contributed by atoms with Crippen molar-refractivity contribution in [1.82, 2.24) is 4.98 Å². The van der Waals surface area contributed by atoms with Gasteiger partial charge in [0.05, 0.1) is 5.56 Å². The van der Waals surface area contributed by atoms with Crippen molar-refractivity contribution in [3.63, 3.8) is 0 Å². The van der Waals surface area contributed by atoms with Gasteiger partial charge in [-0.2, -0.15) is 13.2 Å². The lowest BCUT2D eigenvalue weighted by molar-refractivity contribution is -0.137. The summed E-state index contributed by atoms with van der Waals surface area (Å²) in [6.45, 7) is 2.24. The van der Waals surface area contributed by atoms with Gasteiger partial charge in [-0.3, -0.25) is 0 Å². The number of alkyl halides is 4. The third-order valence-electron chi connectivity index (χ3n) is 2.32. The molecule has 6 heteroatoms. The number of anilines is 1. The van der Waals surface area contributed by atoms with Crippen molar-refractivity contribution in [2.45, 2.75) is 24.9 Å². The van der Waals surface area contributed by atoms with Crippen LogP contribution in [0.3, 0.4) is 0 Å². The summed E-state index contributed by atoms with van der Waals surface area (Å²) in [5, 5.41) is -0.0736. The second kappa shape index (κ2) is 5.58. The molecule has 1 aromatic rings. The van der Waals surface area contributed by atoms with E-state index in [0.717, 1.165) is 6.07 Å². The van der Waals surface area contributed by atoms with Crippen LogP contribution in [0, 0.1) is 0 Å². The lowest BCUT2D eigenvalue weighted by Gasteiger charge is -2.22. The Hall–Kier alpha value is -0.970. The zero-order valence-corrected chi connectivity index (χ0v) is 10.4. The first kappa shape index (κ1) is 14.1. The molecule has 1 atom stereocenters. The molecule has 2 nitrogen and oxygen atoms in total. The van der Waals surface area contributed by atoms with Gasteiger partial charge in [0.25, 0.3) is 0 Å². The number of hydrogen-bond acceptors (Lipinski definition) is 2. The molecule has 0 saturated heterocycles. The standard InChI is InChI=1S/C11H14ClF3N2/c1-8(12)5-7-17(2)10-9(11(13,14)15)4-3-6-16-10/h3-4,6,8H,5,7H2,1-2H3. The van der Waals surface area contributed by atoms with Gasteiger partial charge < -0.3 is 4.90 Å². The summed E-state index contributed by atoms with van der Waals surface area (Å²) < 4.78 is 38.1. The second-order valence-electron chi connectivity index (χ2n) is 3.86. The topological polar surface area (TPSA) is 16.1 Å². The average molecular weight is 267 g/mol. The molecular weight excluding hydrogens is 253 g/mol. The maximum Gasteiger partial charge on any atom is 0.419 e. The average Bonchev–Trinajstić information content (AvgIpc) is 2.24. The first-order chi connectivity index (χ1) is 7.82. The van der Waals surface area contributed by atoms with E-state index in [0.29, 0.717) is 13.0 Å². The smallest absolute Gasteiger partial charge is 0.359 e. The van der Waals surface area contributed by atoms with E-state index in [2.05, 4.69) is 4.98 Å². The Morgan fingerprint density at radius 1 is 1.47 bits per heavy atom. The Labute approximate surface area is 103 Å². The Balaban J connectivity index is 2.89. The van der Waals surface area contributed by atoms with Crippen LogP contribution in [0.2, 0.25) is 0 Å².